The molecule has 2 fully saturated rings. The van der Waals surface area contributed by atoms with E-state index in [2.05, 4.69) is 27.5 Å². The largest absolute Gasteiger partial charge is 0.480 e. The van der Waals surface area contributed by atoms with E-state index >= 15 is 0 Å². The van der Waals surface area contributed by atoms with Crippen molar-refractivity contribution in [3.8, 4) is 11.9 Å². The fraction of sp³-hybridized carbons (Fsp3) is 0.440. The summed E-state index contributed by atoms with van der Waals surface area (Å²) in [7, 11) is 1.56. The molecule has 33 heavy (non-hydrogen) atoms. The highest BCUT2D eigenvalue weighted by Gasteiger charge is 2.52. The van der Waals surface area contributed by atoms with Crippen LogP contribution < -0.4 is 9.64 Å². The molecular weight excluding hydrogens is 418 g/mol. The van der Waals surface area contributed by atoms with Crippen molar-refractivity contribution in [1.82, 2.24) is 14.5 Å². The summed E-state index contributed by atoms with van der Waals surface area (Å²) in [5, 5.41) is 9.29. The first kappa shape index (κ1) is 21.3. The molecule has 0 N–H and O–H groups in total. The number of hydrogen-bond acceptors (Lipinski definition) is 6. The van der Waals surface area contributed by atoms with Crippen LogP contribution in [0.1, 0.15) is 43.9 Å². The van der Waals surface area contributed by atoms with Crippen molar-refractivity contribution < 1.29 is 14.3 Å². The average molecular weight is 446 g/mol. The number of carbonyl (C=O) groups excluding carboxylic acids is 1. The number of amides is 1. The van der Waals surface area contributed by atoms with E-state index in [-0.39, 0.29) is 11.5 Å². The van der Waals surface area contributed by atoms with Crippen molar-refractivity contribution >= 4 is 22.8 Å². The van der Waals surface area contributed by atoms with Crippen molar-refractivity contribution in [1.29, 1.82) is 5.26 Å². The van der Waals surface area contributed by atoms with E-state index in [0.717, 1.165) is 49.0 Å². The minimum atomic E-state index is -0.547. The Balaban J connectivity index is 1.41. The van der Waals surface area contributed by atoms with E-state index in [1.807, 2.05) is 37.5 Å². The molecule has 8 nitrogen and oxygen atoms in total. The van der Waals surface area contributed by atoms with Gasteiger partial charge in [-0.05, 0) is 68.4 Å². The number of nitriles is 1. The predicted molar refractivity (Wildman–Crippen MR) is 123 cm³/mol. The number of benzene rings is 1. The zero-order valence-corrected chi connectivity index (χ0v) is 19.2. The van der Waals surface area contributed by atoms with Crippen molar-refractivity contribution in [2.45, 2.75) is 51.7 Å². The van der Waals surface area contributed by atoms with E-state index in [9.17, 15) is 10.1 Å². The van der Waals surface area contributed by atoms with E-state index < -0.39 is 5.60 Å². The Kier molecular flexibility index (Phi) is 5.00. The Hall–Kier alpha value is -3.60. The summed E-state index contributed by atoms with van der Waals surface area (Å²) in [5.74, 6) is 0.431. The Morgan fingerprint density at radius 2 is 2.12 bits per heavy atom. The minimum absolute atomic E-state index is 0.0829. The van der Waals surface area contributed by atoms with Gasteiger partial charge in [-0.3, -0.25) is 4.90 Å². The third-order valence-corrected chi connectivity index (χ3v) is 6.90. The molecule has 1 aliphatic heterocycles. The van der Waals surface area contributed by atoms with Gasteiger partial charge in [0.1, 0.15) is 11.3 Å². The monoisotopic (exact) mass is 445 g/mol. The molecule has 1 amide bonds. The third-order valence-electron chi connectivity index (χ3n) is 6.90. The fourth-order valence-electron chi connectivity index (χ4n) is 5.50. The normalized spacial score (nSPS) is 24.8. The number of aromatic nitrogens is 3. The average Bonchev–Trinajstić information content (AvgIpc) is 3.32. The first-order valence-electron chi connectivity index (χ1n) is 11.2. The lowest BCUT2D eigenvalue weighted by Gasteiger charge is -2.43. The van der Waals surface area contributed by atoms with Crippen LogP contribution in [-0.2, 0) is 11.3 Å². The number of fused-ring (bicyclic) bond motifs is 1. The lowest BCUT2D eigenvalue weighted by molar-refractivity contribution is -0.0264. The topological polar surface area (TPSA) is 93.3 Å². The van der Waals surface area contributed by atoms with Gasteiger partial charge < -0.3 is 14.0 Å². The minimum Gasteiger partial charge on any atom is -0.480 e. The van der Waals surface area contributed by atoms with Gasteiger partial charge in [-0.1, -0.05) is 6.92 Å². The number of hydrogen-bond donors (Lipinski definition) is 0. The number of nitrogens with zero attached hydrogens (tertiary/aromatic N) is 5. The number of carbonyl (C=O) groups is 1. The maximum atomic E-state index is 12.9. The first-order chi connectivity index (χ1) is 15.8. The van der Waals surface area contributed by atoms with Crippen molar-refractivity contribution in [2.75, 3.05) is 18.6 Å². The molecule has 5 rings (SSSR count). The van der Waals surface area contributed by atoms with Gasteiger partial charge in [0.25, 0.3) is 0 Å². The van der Waals surface area contributed by atoms with Crippen LogP contribution in [0.2, 0.25) is 0 Å². The number of rotatable bonds is 4. The second kappa shape index (κ2) is 7.77. The summed E-state index contributed by atoms with van der Waals surface area (Å²) < 4.78 is 13.6. The molecule has 2 atom stereocenters. The Morgan fingerprint density at radius 1 is 1.27 bits per heavy atom. The van der Waals surface area contributed by atoms with Gasteiger partial charge in [-0.15, -0.1) is 0 Å². The van der Waals surface area contributed by atoms with Gasteiger partial charge >= 0.3 is 6.09 Å². The number of pyridine rings is 1. The number of anilines is 1. The second-order valence-corrected chi connectivity index (χ2v) is 9.65. The van der Waals surface area contributed by atoms with Crippen LogP contribution >= 0.6 is 0 Å². The fourth-order valence-corrected chi connectivity index (χ4v) is 5.50. The van der Waals surface area contributed by atoms with Crippen LogP contribution in [0.25, 0.3) is 11.0 Å². The summed E-state index contributed by atoms with van der Waals surface area (Å²) >= 11 is 0. The molecule has 1 saturated heterocycles. The van der Waals surface area contributed by atoms with Gasteiger partial charge in [-0.25, -0.2) is 14.8 Å². The molecule has 2 aromatic heterocycles. The van der Waals surface area contributed by atoms with Crippen LogP contribution in [0, 0.1) is 23.7 Å². The van der Waals surface area contributed by atoms with E-state index in [1.54, 1.807) is 18.1 Å². The van der Waals surface area contributed by atoms with Gasteiger partial charge in [0.05, 0.1) is 42.6 Å². The summed E-state index contributed by atoms with van der Waals surface area (Å²) in [6.07, 6.45) is 5.07. The summed E-state index contributed by atoms with van der Waals surface area (Å²) in [6, 6.07) is 11.5. The maximum absolute atomic E-state index is 12.9. The van der Waals surface area contributed by atoms with Gasteiger partial charge in [-0.2, -0.15) is 5.26 Å². The summed E-state index contributed by atoms with van der Waals surface area (Å²) in [5.41, 5.74) is 3.29. The molecule has 1 spiro atoms. The first-order valence-corrected chi connectivity index (χ1v) is 11.2. The molecule has 8 heteroatoms. The standard InChI is InChI=1S/C25H27N5O3/c1-17-5-8-20(22(28-17)32-3)30-15-25(33-23(30)31)10-4-9-24(2,13-25)14-29-16-27-19-7-6-18(12-26)11-21(19)29/h5-8,11,16H,4,9-10,13-15H2,1-3H3/t24-,25-/m0/s1. The summed E-state index contributed by atoms with van der Waals surface area (Å²) in [4.78, 5) is 23.5. The molecule has 2 aliphatic rings. The molecule has 1 aliphatic carbocycles. The lowest BCUT2D eigenvalue weighted by atomic mass is 9.68. The Bertz CT molecular complexity index is 1280. The molecule has 0 unspecified atom stereocenters. The number of ether oxygens (including phenoxy) is 2. The van der Waals surface area contributed by atoms with Crippen molar-refractivity contribution in [3.63, 3.8) is 0 Å². The van der Waals surface area contributed by atoms with Crippen molar-refractivity contribution in [2.24, 2.45) is 5.41 Å². The quantitative estimate of drug-likeness (QED) is 0.583. The highest BCUT2D eigenvalue weighted by Crippen LogP contribution is 2.48. The molecule has 3 heterocycles. The van der Waals surface area contributed by atoms with Gasteiger partial charge in [0.2, 0.25) is 5.88 Å². The van der Waals surface area contributed by atoms with E-state index in [4.69, 9.17) is 9.47 Å². The highest BCUT2D eigenvalue weighted by molar-refractivity contribution is 5.91. The van der Waals surface area contributed by atoms with Gasteiger partial charge in [0, 0.05) is 12.2 Å². The Morgan fingerprint density at radius 3 is 2.91 bits per heavy atom. The van der Waals surface area contributed by atoms with Gasteiger partial charge in [0.15, 0.2) is 0 Å². The predicted octanol–water partition coefficient (Wildman–Crippen LogP) is 4.60. The molecule has 170 valence electrons. The van der Waals surface area contributed by atoms with E-state index in [0.29, 0.717) is 23.7 Å². The molecule has 1 saturated carbocycles. The number of aryl methyl sites for hydroxylation is 1. The number of imidazole rings is 1. The third kappa shape index (κ3) is 3.78. The smallest absolute Gasteiger partial charge is 0.415 e. The molecule has 0 bridgehead atoms. The van der Waals surface area contributed by atoms with Crippen LogP contribution in [0.5, 0.6) is 5.88 Å². The maximum Gasteiger partial charge on any atom is 0.415 e. The van der Waals surface area contributed by atoms with Crippen LogP contribution in [-0.4, -0.2) is 39.9 Å². The number of methoxy groups -OCH3 is 1. The summed E-state index contributed by atoms with van der Waals surface area (Å²) in [6.45, 7) is 5.36. The molecular formula is C25H27N5O3. The van der Waals surface area contributed by atoms with Crippen LogP contribution in [0.15, 0.2) is 36.7 Å². The zero-order chi connectivity index (χ0) is 23.2. The van der Waals surface area contributed by atoms with Crippen LogP contribution in [0.4, 0.5) is 10.5 Å². The highest BCUT2D eigenvalue weighted by atomic mass is 16.6. The second-order valence-electron chi connectivity index (χ2n) is 9.65. The molecule has 1 aromatic carbocycles. The molecule has 3 aromatic rings. The SMILES string of the molecule is COc1nc(C)ccc1N1C[C@@]2(CCC[C@](C)(Cn3cnc4ccc(C#N)cc43)C2)OC1=O. The molecule has 0 radical (unpaired) electrons. The lowest BCUT2D eigenvalue weighted by Crippen LogP contribution is -2.45. The van der Waals surface area contributed by atoms with Crippen LogP contribution in [0.3, 0.4) is 0 Å². The van der Waals surface area contributed by atoms with E-state index in [1.165, 1.54) is 0 Å². The Labute approximate surface area is 192 Å². The van der Waals surface area contributed by atoms with Crippen molar-refractivity contribution in [3.05, 3.63) is 47.9 Å². The zero-order valence-electron chi connectivity index (χ0n) is 19.2.